The van der Waals surface area contributed by atoms with Crippen LogP contribution in [0.4, 0.5) is 5.82 Å². The number of hydrogen-bond acceptors (Lipinski definition) is 3. The van der Waals surface area contributed by atoms with Crippen molar-refractivity contribution >= 4 is 5.82 Å². The minimum absolute atomic E-state index is 0.521. The summed E-state index contributed by atoms with van der Waals surface area (Å²) in [6, 6.07) is 10.5. The lowest BCUT2D eigenvalue weighted by molar-refractivity contribution is 0.871. The van der Waals surface area contributed by atoms with Crippen LogP contribution in [0, 0.1) is 13.8 Å². The summed E-state index contributed by atoms with van der Waals surface area (Å²) in [5.74, 6) is 0.976. The van der Waals surface area contributed by atoms with E-state index in [1.165, 1.54) is 16.7 Å². The Bertz CT molecular complexity index is 564. The second-order valence-electron chi connectivity index (χ2n) is 4.98. The molecule has 1 aromatic heterocycles. The molecule has 0 amide bonds. The largest absolute Gasteiger partial charge is 0.355 e. The zero-order valence-electron chi connectivity index (χ0n) is 11.9. The molecule has 2 N–H and O–H groups in total. The van der Waals surface area contributed by atoms with Crippen LogP contribution in [0.3, 0.4) is 0 Å². The third kappa shape index (κ3) is 3.12. The monoisotopic (exact) mass is 255 g/mol. The van der Waals surface area contributed by atoms with Crippen LogP contribution in [-0.2, 0) is 13.1 Å². The first-order valence-corrected chi connectivity index (χ1v) is 6.53. The van der Waals surface area contributed by atoms with Crippen LogP contribution in [0.1, 0.15) is 22.3 Å². The van der Waals surface area contributed by atoms with Gasteiger partial charge in [0.2, 0.25) is 0 Å². The third-order valence-electron chi connectivity index (χ3n) is 3.34. The zero-order chi connectivity index (χ0) is 13.8. The lowest BCUT2D eigenvalue weighted by atomic mass is 10.1. The predicted molar refractivity (Wildman–Crippen MR) is 80.2 cm³/mol. The first-order valence-electron chi connectivity index (χ1n) is 6.53. The van der Waals surface area contributed by atoms with Crippen molar-refractivity contribution in [3.05, 3.63) is 58.8 Å². The lowest BCUT2D eigenvalue weighted by Crippen LogP contribution is -2.21. The molecule has 0 aliphatic heterocycles. The predicted octanol–water partition coefficient (Wildman–Crippen LogP) is 2.79. The highest BCUT2D eigenvalue weighted by Crippen LogP contribution is 2.21. The number of aryl methyl sites for hydroxylation is 2. The van der Waals surface area contributed by atoms with Gasteiger partial charge in [0.1, 0.15) is 5.82 Å². The summed E-state index contributed by atoms with van der Waals surface area (Å²) in [7, 11) is 2.06. The third-order valence-corrected chi connectivity index (χ3v) is 3.34. The molecule has 0 saturated heterocycles. The van der Waals surface area contributed by atoms with Crippen molar-refractivity contribution in [2.45, 2.75) is 26.9 Å². The fraction of sp³-hybridized carbons (Fsp3) is 0.312. The van der Waals surface area contributed by atoms with Gasteiger partial charge in [-0.3, -0.25) is 0 Å². The van der Waals surface area contributed by atoms with Crippen molar-refractivity contribution in [2.24, 2.45) is 5.73 Å². The summed E-state index contributed by atoms with van der Waals surface area (Å²) in [5.41, 5.74) is 10.7. The normalized spacial score (nSPS) is 10.5. The zero-order valence-corrected chi connectivity index (χ0v) is 11.9. The number of benzene rings is 1. The fourth-order valence-electron chi connectivity index (χ4n) is 2.32. The Kier molecular flexibility index (Phi) is 4.17. The van der Waals surface area contributed by atoms with E-state index in [9.17, 15) is 0 Å². The van der Waals surface area contributed by atoms with Crippen molar-refractivity contribution in [1.29, 1.82) is 0 Å². The van der Waals surface area contributed by atoms with Gasteiger partial charge in [0.25, 0.3) is 0 Å². The summed E-state index contributed by atoms with van der Waals surface area (Å²) in [6.45, 7) is 5.55. The van der Waals surface area contributed by atoms with Gasteiger partial charge in [-0.05, 0) is 31.0 Å². The van der Waals surface area contributed by atoms with Gasteiger partial charge in [-0.25, -0.2) is 4.98 Å². The number of nitrogens with two attached hydrogens (primary N) is 1. The molecule has 100 valence electrons. The number of pyridine rings is 1. The lowest BCUT2D eigenvalue weighted by Gasteiger charge is -2.22. The number of aromatic nitrogens is 1. The van der Waals surface area contributed by atoms with Gasteiger partial charge in [-0.15, -0.1) is 0 Å². The average molecular weight is 255 g/mol. The molecule has 1 aromatic carbocycles. The van der Waals surface area contributed by atoms with Gasteiger partial charge in [0.15, 0.2) is 0 Å². The molecule has 3 nitrogen and oxygen atoms in total. The Morgan fingerprint density at radius 1 is 1.21 bits per heavy atom. The topological polar surface area (TPSA) is 42.2 Å². The van der Waals surface area contributed by atoms with Gasteiger partial charge in [-0.1, -0.05) is 29.8 Å². The van der Waals surface area contributed by atoms with Crippen LogP contribution in [-0.4, -0.2) is 12.0 Å². The van der Waals surface area contributed by atoms with Crippen molar-refractivity contribution < 1.29 is 0 Å². The first kappa shape index (κ1) is 13.6. The highest BCUT2D eigenvalue weighted by Gasteiger charge is 2.10. The maximum atomic E-state index is 5.84. The summed E-state index contributed by atoms with van der Waals surface area (Å²) in [5, 5.41) is 0. The van der Waals surface area contributed by atoms with E-state index >= 15 is 0 Å². The number of anilines is 1. The van der Waals surface area contributed by atoms with Crippen LogP contribution in [0.2, 0.25) is 0 Å². The van der Waals surface area contributed by atoms with Crippen molar-refractivity contribution in [2.75, 3.05) is 11.9 Å². The van der Waals surface area contributed by atoms with E-state index in [0.717, 1.165) is 17.9 Å². The second kappa shape index (κ2) is 5.85. The van der Waals surface area contributed by atoms with Crippen LogP contribution in [0.5, 0.6) is 0 Å². The molecule has 0 saturated carbocycles. The van der Waals surface area contributed by atoms with E-state index in [1.54, 1.807) is 0 Å². The molecule has 0 spiro atoms. The SMILES string of the molecule is Cc1cccc(CN(C)c2nccc(C)c2CN)c1. The Balaban J connectivity index is 2.25. The summed E-state index contributed by atoms with van der Waals surface area (Å²) in [6.07, 6.45) is 1.84. The first-order chi connectivity index (χ1) is 9.11. The van der Waals surface area contributed by atoms with Crippen molar-refractivity contribution in [3.63, 3.8) is 0 Å². The van der Waals surface area contributed by atoms with Gasteiger partial charge in [-0.2, -0.15) is 0 Å². The number of nitrogens with zero attached hydrogens (tertiary/aromatic N) is 2. The second-order valence-corrected chi connectivity index (χ2v) is 4.98. The van der Waals surface area contributed by atoms with E-state index in [4.69, 9.17) is 5.73 Å². The maximum absolute atomic E-state index is 5.84. The van der Waals surface area contributed by atoms with Crippen molar-refractivity contribution in [1.82, 2.24) is 4.98 Å². The molecule has 0 bridgehead atoms. The molecule has 0 atom stereocenters. The Morgan fingerprint density at radius 3 is 2.68 bits per heavy atom. The van der Waals surface area contributed by atoms with E-state index in [0.29, 0.717) is 6.54 Å². The molecule has 2 rings (SSSR count). The van der Waals surface area contributed by atoms with Gasteiger partial charge in [0, 0.05) is 31.9 Å². The Morgan fingerprint density at radius 2 is 2.00 bits per heavy atom. The Labute approximate surface area is 115 Å². The molecule has 0 fully saturated rings. The smallest absolute Gasteiger partial charge is 0.133 e. The van der Waals surface area contributed by atoms with Crippen LogP contribution >= 0.6 is 0 Å². The summed E-state index contributed by atoms with van der Waals surface area (Å²) in [4.78, 5) is 6.63. The van der Waals surface area contributed by atoms with Crippen LogP contribution in [0.25, 0.3) is 0 Å². The molecular weight excluding hydrogens is 234 g/mol. The molecule has 0 radical (unpaired) electrons. The van der Waals surface area contributed by atoms with Crippen molar-refractivity contribution in [3.8, 4) is 0 Å². The van der Waals surface area contributed by atoms with E-state index < -0.39 is 0 Å². The highest BCUT2D eigenvalue weighted by molar-refractivity contribution is 5.50. The molecule has 0 unspecified atom stereocenters. The molecule has 0 aliphatic rings. The minimum atomic E-state index is 0.521. The average Bonchev–Trinajstić information content (AvgIpc) is 2.38. The highest BCUT2D eigenvalue weighted by atomic mass is 15.2. The fourth-order valence-corrected chi connectivity index (χ4v) is 2.32. The Hall–Kier alpha value is -1.87. The standard InChI is InChI=1S/C16H21N3/c1-12-5-4-6-14(9-12)11-19(3)16-15(10-17)13(2)7-8-18-16/h4-9H,10-11,17H2,1-3H3. The molecule has 0 aliphatic carbocycles. The molecule has 1 heterocycles. The van der Waals surface area contributed by atoms with Gasteiger partial charge in [0.05, 0.1) is 0 Å². The quantitative estimate of drug-likeness (QED) is 0.913. The van der Waals surface area contributed by atoms with Crippen LogP contribution in [0.15, 0.2) is 36.5 Å². The minimum Gasteiger partial charge on any atom is -0.355 e. The van der Waals surface area contributed by atoms with E-state index in [1.807, 2.05) is 12.3 Å². The van der Waals surface area contributed by atoms with Gasteiger partial charge >= 0.3 is 0 Å². The molecular formula is C16H21N3. The molecule has 3 heteroatoms. The molecule has 19 heavy (non-hydrogen) atoms. The summed E-state index contributed by atoms with van der Waals surface area (Å²) < 4.78 is 0. The number of rotatable bonds is 4. The van der Waals surface area contributed by atoms with E-state index in [2.05, 4.69) is 55.0 Å². The van der Waals surface area contributed by atoms with Gasteiger partial charge < -0.3 is 10.6 Å². The van der Waals surface area contributed by atoms with Crippen LogP contribution < -0.4 is 10.6 Å². The maximum Gasteiger partial charge on any atom is 0.133 e. The number of hydrogen-bond donors (Lipinski definition) is 1. The van der Waals surface area contributed by atoms with E-state index in [-0.39, 0.29) is 0 Å². The molecule has 2 aromatic rings. The summed E-state index contributed by atoms with van der Waals surface area (Å²) >= 11 is 0.